The highest BCUT2D eigenvalue weighted by molar-refractivity contribution is 8.23. The number of nitrogens with one attached hydrogen (secondary N) is 1. The molecule has 8 nitrogen and oxygen atoms in total. The minimum Gasteiger partial charge on any atom is -0.463 e. The van der Waals surface area contributed by atoms with Crippen molar-refractivity contribution in [3.63, 3.8) is 0 Å². The fraction of sp³-hybridized carbons (Fsp3) is 0.692. The molecule has 0 radical (unpaired) electrons. The number of hydrogen-bond donors (Lipinski definition) is 1. The zero-order chi connectivity index (χ0) is 17.1. The predicted octanol–water partition coefficient (Wildman–Crippen LogP) is 0.128. The summed E-state index contributed by atoms with van der Waals surface area (Å²) in [6.45, 7) is 3.64. The van der Waals surface area contributed by atoms with E-state index < -0.39 is 47.7 Å². The SMILES string of the molecule is CC(=O)OC[C@H]1O[C@@H]2SC(=S)N[C@@H]2[C@@H](OC(C)=O)[C@@H]1OC(C)=O. The van der Waals surface area contributed by atoms with E-state index in [1.807, 2.05) is 0 Å². The molecule has 23 heavy (non-hydrogen) atoms. The van der Waals surface area contributed by atoms with Gasteiger partial charge in [0.25, 0.3) is 0 Å². The van der Waals surface area contributed by atoms with Gasteiger partial charge in [-0.2, -0.15) is 0 Å². The second kappa shape index (κ2) is 7.45. The summed E-state index contributed by atoms with van der Waals surface area (Å²) >= 11 is 6.37. The minimum absolute atomic E-state index is 0.123. The molecule has 0 spiro atoms. The first-order valence-electron chi connectivity index (χ1n) is 6.88. The van der Waals surface area contributed by atoms with Crippen LogP contribution in [-0.2, 0) is 33.3 Å². The third-order valence-corrected chi connectivity index (χ3v) is 4.58. The number of rotatable bonds is 4. The van der Waals surface area contributed by atoms with Crippen molar-refractivity contribution in [1.82, 2.24) is 5.32 Å². The molecule has 0 aliphatic carbocycles. The van der Waals surface area contributed by atoms with Gasteiger partial charge in [0, 0.05) is 20.8 Å². The van der Waals surface area contributed by atoms with Crippen LogP contribution in [0.1, 0.15) is 20.8 Å². The normalized spacial score (nSPS) is 32.5. The van der Waals surface area contributed by atoms with E-state index in [9.17, 15) is 14.4 Å². The molecule has 0 bridgehead atoms. The van der Waals surface area contributed by atoms with Crippen LogP contribution in [0.4, 0.5) is 0 Å². The lowest BCUT2D eigenvalue weighted by Crippen LogP contribution is -2.62. The highest BCUT2D eigenvalue weighted by atomic mass is 32.2. The van der Waals surface area contributed by atoms with Gasteiger partial charge in [-0.15, -0.1) is 0 Å². The third kappa shape index (κ3) is 4.55. The summed E-state index contributed by atoms with van der Waals surface area (Å²) in [6, 6.07) is -0.450. The van der Waals surface area contributed by atoms with Gasteiger partial charge < -0.3 is 24.3 Å². The minimum atomic E-state index is -0.911. The first-order valence-corrected chi connectivity index (χ1v) is 8.17. The highest BCUT2D eigenvalue weighted by Gasteiger charge is 2.53. The Morgan fingerprint density at radius 3 is 2.30 bits per heavy atom. The molecule has 0 aromatic heterocycles. The molecular weight excluding hydrogens is 346 g/mol. The third-order valence-electron chi connectivity index (χ3n) is 3.21. The summed E-state index contributed by atoms with van der Waals surface area (Å²) in [5.41, 5.74) is -0.431. The summed E-state index contributed by atoms with van der Waals surface area (Å²) in [7, 11) is 0. The van der Waals surface area contributed by atoms with Gasteiger partial charge in [-0.05, 0) is 0 Å². The first-order chi connectivity index (χ1) is 10.8. The zero-order valence-electron chi connectivity index (χ0n) is 12.8. The van der Waals surface area contributed by atoms with Gasteiger partial charge in [0.15, 0.2) is 12.2 Å². The van der Waals surface area contributed by atoms with Crippen molar-refractivity contribution in [2.45, 2.75) is 50.6 Å². The van der Waals surface area contributed by atoms with Crippen LogP contribution in [0, 0.1) is 0 Å². The van der Waals surface area contributed by atoms with E-state index in [1.54, 1.807) is 0 Å². The molecule has 5 atom stereocenters. The largest absolute Gasteiger partial charge is 0.463 e. The lowest BCUT2D eigenvalue weighted by molar-refractivity contribution is -0.209. The number of carbonyl (C=O) groups is 3. The van der Waals surface area contributed by atoms with E-state index in [-0.39, 0.29) is 6.61 Å². The molecule has 10 heteroatoms. The van der Waals surface area contributed by atoms with Crippen molar-refractivity contribution < 1.29 is 33.3 Å². The second-order valence-electron chi connectivity index (χ2n) is 5.07. The number of thiocarbonyl (C=S) groups is 1. The standard InChI is InChI=1S/C13H17NO7S2/c1-5(15)18-4-8-10(19-6(2)16)11(20-7(3)17)9-12(21-8)23-13(22)14-9/h8-12H,4H2,1-3H3,(H,14,22)/t8-,9-,10-,11-,12-/m1/s1. The number of carbonyl (C=O) groups excluding carboxylic acids is 3. The van der Waals surface area contributed by atoms with E-state index >= 15 is 0 Å². The average Bonchev–Trinajstić information content (AvgIpc) is 2.78. The summed E-state index contributed by atoms with van der Waals surface area (Å²) in [5, 5.41) is 2.99. The quantitative estimate of drug-likeness (QED) is 0.421. The Hall–Kier alpha value is -1.39. The van der Waals surface area contributed by atoms with Crippen LogP contribution in [0.25, 0.3) is 0 Å². The van der Waals surface area contributed by atoms with Gasteiger partial charge in [-0.1, -0.05) is 24.0 Å². The Kier molecular flexibility index (Phi) is 5.82. The van der Waals surface area contributed by atoms with Crippen LogP contribution in [0.5, 0.6) is 0 Å². The van der Waals surface area contributed by atoms with E-state index in [1.165, 1.54) is 32.5 Å². The van der Waals surface area contributed by atoms with Crippen LogP contribution in [0.3, 0.4) is 0 Å². The fourth-order valence-corrected chi connectivity index (χ4v) is 3.84. The van der Waals surface area contributed by atoms with E-state index in [0.717, 1.165) is 0 Å². The molecule has 2 heterocycles. The number of ether oxygens (including phenoxy) is 4. The molecule has 2 fully saturated rings. The van der Waals surface area contributed by atoms with Crippen molar-refractivity contribution in [1.29, 1.82) is 0 Å². The Morgan fingerprint density at radius 2 is 1.74 bits per heavy atom. The van der Waals surface area contributed by atoms with Crippen molar-refractivity contribution in [2.75, 3.05) is 6.61 Å². The number of fused-ring (bicyclic) bond motifs is 1. The summed E-state index contributed by atoms with van der Waals surface area (Å²) in [5.74, 6) is -1.58. The molecule has 2 rings (SSSR count). The Labute approximate surface area is 142 Å². The number of hydrogen-bond acceptors (Lipinski definition) is 9. The highest BCUT2D eigenvalue weighted by Crippen LogP contribution is 2.36. The molecule has 128 valence electrons. The first kappa shape index (κ1) is 18.0. The van der Waals surface area contributed by atoms with E-state index in [0.29, 0.717) is 4.32 Å². The van der Waals surface area contributed by atoms with Gasteiger partial charge in [0.1, 0.15) is 28.5 Å². The van der Waals surface area contributed by atoms with Crippen molar-refractivity contribution in [3.05, 3.63) is 0 Å². The van der Waals surface area contributed by atoms with Gasteiger partial charge in [-0.3, -0.25) is 14.4 Å². The smallest absolute Gasteiger partial charge is 0.303 e. The molecule has 2 aliphatic rings. The molecule has 1 N–H and O–H groups in total. The Balaban J connectivity index is 2.25. The lowest BCUT2D eigenvalue weighted by Gasteiger charge is -2.41. The Bertz CT molecular complexity index is 526. The predicted molar refractivity (Wildman–Crippen MR) is 83.5 cm³/mol. The molecule has 2 aliphatic heterocycles. The van der Waals surface area contributed by atoms with E-state index in [2.05, 4.69) is 5.32 Å². The monoisotopic (exact) mass is 363 g/mol. The van der Waals surface area contributed by atoms with Gasteiger partial charge in [0.2, 0.25) is 0 Å². The van der Waals surface area contributed by atoms with Crippen LogP contribution in [0.15, 0.2) is 0 Å². The summed E-state index contributed by atoms with van der Waals surface area (Å²) in [6.07, 6.45) is -2.47. The maximum Gasteiger partial charge on any atom is 0.303 e. The second-order valence-corrected chi connectivity index (χ2v) is 6.84. The topological polar surface area (TPSA) is 100 Å². The van der Waals surface area contributed by atoms with Gasteiger partial charge >= 0.3 is 17.9 Å². The van der Waals surface area contributed by atoms with Gasteiger partial charge in [0.05, 0.1) is 0 Å². The molecule has 0 aromatic carbocycles. The van der Waals surface area contributed by atoms with Gasteiger partial charge in [-0.25, -0.2) is 0 Å². The summed E-state index contributed by atoms with van der Waals surface area (Å²) in [4.78, 5) is 33.9. The molecule has 0 amide bonds. The maximum atomic E-state index is 11.4. The van der Waals surface area contributed by atoms with Crippen molar-refractivity contribution in [3.8, 4) is 0 Å². The summed E-state index contributed by atoms with van der Waals surface area (Å²) < 4.78 is 21.9. The van der Waals surface area contributed by atoms with Crippen LogP contribution >= 0.6 is 24.0 Å². The Morgan fingerprint density at radius 1 is 1.13 bits per heavy atom. The average molecular weight is 363 g/mol. The van der Waals surface area contributed by atoms with Crippen molar-refractivity contribution in [2.24, 2.45) is 0 Å². The van der Waals surface area contributed by atoms with Crippen LogP contribution in [0.2, 0.25) is 0 Å². The number of esters is 3. The van der Waals surface area contributed by atoms with Crippen LogP contribution in [-0.4, -0.2) is 58.6 Å². The number of thioether (sulfide) groups is 1. The molecule has 0 saturated carbocycles. The zero-order valence-corrected chi connectivity index (χ0v) is 14.4. The van der Waals surface area contributed by atoms with Crippen LogP contribution < -0.4 is 5.32 Å². The molecule has 2 saturated heterocycles. The fourth-order valence-electron chi connectivity index (χ4n) is 2.43. The molecule has 0 aromatic rings. The molecular formula is C13H17NO7S2. The van der Waals surface area contributed by atoms with E-state index in [4.69, 9.17) is 31.2 Å². The maximum absolute atomic E-state index is 11.4. The van der Waals surface area contributed by atoms with Crippen molar-refractivity contribution >= 4 is 46.2 Å². The molecule has 0 unspecified atom stereocenters. The lowest BCUT2D eigenvalue weighted by atomic mass is 9.97.